The second-order valence-electron chi connectivity index (χ2n) is 6.99. The Balaban J connectivity index is 1.55. The first-order valence-electron chi connectivity index (χ1n) is 9.32. The second kappa shape index (κ2) is 7.36. The maximum Gasteiger partial charge on any atom is 0.276 e. The van der Waals surface area contributed by atoms with Gasteiger partial charge in [-0.1, -0.05) is 12.1 Å². The molecule has 1 aromatic carbocycles. The Bertz CT molecular complexity index is 951. The van der Waals surface area contributed by atoms with Crippen molar-refractivity contribution in [2.75, 3.05) is 18.4 Å². The second-order valence-corrected chi connectivity index (χ2v) is 6.99. The number of hydrogen-bond donors (Lipinski definition) is 2. The Morgan fingerprint density at radius 1 is 1.22 bits per heavy atom. The van der Waals surface area contributed by atoms with Crippen LogP contribution in [0.2, 0.25) is 0 Å². The molecule has 3 heterocycles. The van der Waals surface area contributed by atoms with Gasteiger partial charge >= 0.3 is 0 Å². The molecule has 27 heavy (non-hydrogen) atoms. The summed E-state index contributed by atoms with van der Waals surface area (Å²) in [7, 11) is 0. The third kappa shape index (κ3) is 3.64. The number of nitrogens with one attached hydrogen (secondary N) is 2. The lowest BCUT2D eigenvalue weighted by atomic mass is 10.1. The first-order valence-corrected chi connectivity index (χ1v) is 9.32. The normalized spacial score (nSPS) is 17.0. The van der Waals surface area contributed by atoms with Crippen LogP contribution in [0.4, 0.5) is 5.69 Å². The summed E-state index contributed by atoms with van der Waals surface area (Å²) in [4.78, 5) is 12.8. The highest BCUT2D eigenvalue weighted by atomic mass is 16.2. The monoisotopic (exact) mass is 364 g/mol. The van der Waals surface area contributed by atoms with E-state index in [0.29, 0.717) is 17.4 Å². The average molecular weight is 364 g/mol. The summed E-state index contributed by atoms with van der Waals surface area (Å²) in [5.74, 6) is -0.216. The van der Waals surface area contributed by atoms with Crippen LogP contribution in [0.3, 0.4) is 0 Å². The standard InChI is InChI=1S/C20H24N6O/c1-14-12-15(2)26(23-14)19-8-4-3-7-17(19)22-20(27)18-9-11-25(24-18)16-6-5-10-21-13-16/h3-4,7-9,11-12,16,21H,5-6,10,13H2,1-2H3,(H,22,27). The van der Waals surface area contributed by atoms with E-state index in [1.54, 1.807) is 6.07 Å². The lowest BCUT2D eigenvalue weighted by Crippen LogP contribution is -2.32. The summed E-state index contributed by atoms with van der Waals surface area (Å²) < 4.78 is 3.74. The van der Waals surface area contributed by atoms with Crippen molar-refractivity contribution < 1.29 is 4.79 Å². The third-order valence-corrected chi connectivity index (χ3v) is 4.88. The van der Waals surface area contributed by atoms with Crippen LogP contribution in [-0.4, -0.2) is 38.6 Å². The molecule has 140 valence electrons. The quantitative estimate of drug-likeness (QED) is 0.746. The van der Waals surface area contributed by atoms with Crippen LogP contribution in [-0.2, 0) is 0 Å². The number of carbonyl (C=O) groups excluding carboxylic acids is 1. The molecular weight excluding hydrogens is 340 g/mol. The zero-order valence-corrected chi connectivity index (χ0v) is 15.6. The number of amides is 1. The molecular formula is C20H24N6O. The fourth-order valence-corrected chi connectivity index (χ4v) is 3.54. The van der Waals surface area contributed by atoms with Gasteiger partial charge in [0.25, 0.3) is 5.91 Å². The fourth-order valence-electron chi connectivity index (χ4n) is 3.54. The number of aromatic nitrogens is 4. The van der Waals surface area contributed by atoms with Gasteiger partial charge in [0, 0.05) is 18.4 Å². The summed E-state index contributed by atoms with van der Waals surface area (Å²) >= 11 is 0. The Labute approximate surface area is 158 Å². The lowest BCUT2D eigenvalue weighted by Gasteiger charge is -2.22. The Morgan fingerprint density at radius 3 is 2.81 bits per heavy atom. The largest absolute Gasteiger partial charge is 0.319 e. The van der Waals surface area contributed by atoms with Gasteiger partial charge in [0.15, 0.2) is 5.69 Å². The van der Waals surface area contributed by atoms with Crippen LogP contribution in [0.1, 0.15) is 40.8 Å². The van der Waals surface area contributed by atoms with E-state index >= 15 is 0 Å². The summed E-state index contributed by atoms with van der Waals surface area (Å²) in [6, 6.07) is 11.8. The summed E-state index contributed by atoms with van der Waals surface area (Å²) in [6.45, 7) is 5.90. The molecule has 4 rings (SSSR count). The minimum Gasteiger partial charge on any atom is -0.319 e. The van der Waals surface area contributed by atoms with Crippen molar-refractivity contribution in [1.29, 1.82) is 0 Å². The molecule has 1 saturated heterocycles. The van der Waals surface area contributed by atoms with Gasteiger partial charge in [-0.05, 0) is 57.5 Å². The van der Waals surface area contributed by atoms with Gasteiger partial charge in [-0.3, -0.25) is 9.48 Å². The first kappa shape index (κ1) is 17.5. The zero-order valence-electron chi connectivity index (χ0n) is 15.6. The smallest absolute Gasteiger partial charge is 0.276 e. The van der Waals surface area contributed by atoms with E-state index in [-0.39, 0.29) is 5.91 Å². The number of aryl methyl sites for hydroxylation is 2. The van der Waals surface area contributed by atoms with Gasteiger partial charge in [-0.15, -0.1) is 0 Å². The topological polar surface area (TPSA) is 76.8 Å². The molecule has 1 unspecified atom stereocenters. The van der Waals surface area contributed by atoms with Gasteiger partial charge in [0.1, 0.15) is 0 Å². The minimum atomic E-state index is -0.216. The highest BCUT2D eigenvalue weighted by Gasteiger charge is 2.18. The van der Waals surface area contributed by atoms with E-state index < -0.39 is 0 Å². The molecule has 0 bridgehead atoms. The number of anilines is 1. The van der Waals surface area contributed by atoms with Crippen molar-refractivity contribution >= 4 is 11.6 Å². The van der Waals surface area contributed by atoms with Crippen LogP contribution in [0, 0.1) is 13.8 Å². The Morgan fingerprint density at radius 2 is 2.07 bits per heavy atom. The Kier molecular flexibility index (Phi) is 4.77. The van der Waals surface area contributed by atoms with Gasteiger partial charge in [-0.2, -0.15) is 10.2 Å². The van der Waals surface area contributed by atoms with Crippen molar-refractivity contribution in [2.45, 2.75) is 32.7 Å². The molecule has 2 aromatic heterocycles. The lowest BCUT2D eigenvalue weighted by molar-refractivity contribution is 0.102. The van der Waals surface area contributed by atoms with Gasteiger partial charge in [-0.25, -0.2) is 4.68 Å². The van der Waals surface area contributed by atoms with Crippen molar-refractivity contribution in [3.63, 3.8) is 0 Å². The van der Waals surface area contributed by atoms with Gasteiger partial charge < -0.3 is 10.6 Å². The Hall–Kier alpha value is -2.93. The molecule has 7 nitrogen and oxygen atoms in total. The van der Waals surface area contributed by atoms with E-state index in [9.17, 15) is 4.79 Å². The molecule has 1 fully saturated rings. The van der Waals surface area contributed by atoms with E-state index in [1.165, 1.54) is 0 Å². The maximum atomic E-state index is 12.8. The van der Waals surface area contributed by atoms with Crippen LogP contribution in [0.15, 0.2) is 42.6 Å². The molecule has 1 aliphatic rings. The molecule has 1 amide bonds. The van der Waals surface area contributed by atoms with Crippen molar-refractivity contribution in [1.82, 2.24) is 24.9 Å². The number of rotatable bonds is 4. The molecule has 1 aliphatic heterocycles. The molecule has 0 aliphatic carbocycles. The zero-order chi connectivity index (χ0) is 18.8. The van der Waals surface area contributed by atoms with Crippen LogP contribution < -0.4 is 10.6 Å². The SMILES string of the molecule is Cc1cc(C)n(-c2ccccc2NC(=O)c2ccn(C3CCCNC3)n2)n1. The molecule has 0 saturated carbocycles. The fraction of sp³-hybridized carbons (Fsp3) is 0.350. The number of benzene rings is 1. The molecule has 2 N–H and O–H groups in total. The summed E-state index contributed by atoms with van der Waals surface area (Å²) in [5.41, 5.74) is 3.93. The molecule has 7 heteroatoms. The predicted octanol–water partition coefficient (Wildman–Crippen LogP) is 2.86. The van der Waals surface area contributed by atoms with Crippen molar-refractivity contribution in [2.24, 2.45) is 0 Å². The van der Waals surface area contributed by atoms with E-state index in [4.69, 9.17) is 0 Å². The average Bonchev–Trinajstić information content (AvgIpc) is 3.30. The van der Waals surface area contributed by atoms with Gasteiger partial charge in [0.05, 0.1) is 23.1 Å². The summed E-state index contributed by atoms with van der Waals surface area (Å²) in [6.07, 6.45) is 4.10. The number of piperidine rings is 1. The van der Waals surface area contributed by atoms with E-state index in [1.807, 2.05) is 59.7 Å². The maximum absolute atomic E-state index is 12.8. The highest BCUT2D eigenvalue weighted by Crippen LogP contribution is 2.22. The molecule has 0 radical (unpaired) electrons. The number of nitrogens with zero attached hydrogens (tertiary/aromatic N) is 4. The first-order chi connectivity index (χ1) is 13.1. The number of para-hydroxylation sites is 2. The minimum absolute atomic E-state index is 0.216. The van der Waals surface area contributed by atoms with E-state index in [0.717, 1.165) is 43.0 Å². The number of hydrogen-bond acceptors (Lipinski definition) is 4. The number of carbonyl (C=O) groups is 1. The van der Waals surface area contributed by atoms with Crippen LogP contribution in [0.5, 0.6) is 0 Å². The molecule has 0 spiro atoms. The highest BCUT2D eigenvalue weighted by molar-refractivity contribution is 6.03. The van der Waals surface area contributed by atoms with Crippen LogP contribution >= 0.6 is 0 Å². The predicted molar refractivity (Wildman–Crippen MR) is 104 cm³/mol. The van der Waals surface area contributed by atoms with E-state index in [2.05, 4.69) is 20.8 Å². The van der Waals surface area contributed by atoms with Gasteiger partial charge in [0.2, 0.25) is 0 Å². The summed E-state index contributed by atoms with van der Waals surface area (Å²) in [5, 5.41) is 15.4. The van der Waals surface area contributed by atoms with Crippen LogP contribution in [0.25, 0.3) is 5.69 Å². The molecule has 1 atom stereocenters. The van der Waals surface area contributed by atoms with Crippen molar-refractivity contribution in [3.8, 4) is 5.69 Å². The third-order valence-electron chi connectivity index (χ3n) is 4.88. The van der Waals surface area contributed by atoms with Crippen molar-refractivity contribution in [3.05, 3.63) is 59.7 Å². The molecule has 3 aromatic rings.